The van der Waals surface area contributed by atoms with E-state index in [1.54, 1.807) is 0 Å². The normalized spacial score (nSPS) is 19.7. The summed E-state index contributed by atoms with van der Waals surface area (Å²) >= 11 is 0. The molecule has 1 aromatic rings. The molecule has 10 N–H and O–H groups in total. The minimum Gasteiger partial charge on any atom is -0.355 e. The Morgan fingerprint density at radius 3 is 1.93 bits per heavy atom. The third kappa shape index (κ3) is 27.7. The number of hydrogen-bond acceptors (Lipinski definition) is 9. The highest BCUT2D eigenvalue weighted by Gasteiger charge is 2.34. The second-order valence-electron chi connectivity index (χ2n) is 20.9. The third-order valence-corrected chi connectivity index (χ3v) is 13.6. The first-order chi connectivity index (χ1) is 34.3. The van der Waals surface area contributed by atoms with Crippen LogP contribution in [0.25, 0.3) is 0 Å². The molecular formula is C55H95N9O7. The molecule has 7 amide bonds. The fraction of sp³-hybridized carbons (Fsp3) is 0.764. The maximum Gasteiger partial charge on any atom is 0.243 e. The van der Waals surface area contributed by atoms with E-state index in [1.165, 1.54) is 70.6 Å². The zero-order chi connectivity index (χ0) is 51.6. The molecule has 6 atom stereocenters. The summed E-state index contributed by atoms with van der Waals surface area (Å²) in [7, 11) is 0. The van der Waals surface area contributed by atoms with Gasteiger partial charge in [0.25, 0.3) is 0 Å². The summed E-state index contributed by atoms with van der Waals surface area (Å²) in [5.41, 5.74) is 6.58. The van der Waals surface area contributed by atoms with E-state index in [2.05, 4.69) is 56.4 Å². The molecule has 402 valence electrons. The minimum atomic E-state index is -1.09. The van der Waals surface area contributed by atoms with Crippen molar-refractivity contribution in [3.63, 3.8) is 0 Å². The molecular weight excluding hydrogens is 899 g/mol. The van der Waals surface area contributed by atoms with Crippen LogP contribution in [0.1, 0.15) is 194 Å². The average Bonchev–Trinajstić information content (AvgIpc) is 4.16. The lowest BCUT2D eigenvalue weighted by atomic mass is 10.00. The molecule has 71 heavy (non-hydrogen) atoms. The van der Waals surface area contributed by atoms with Gasteiger partial charge < -0.3 is 48.3 Å². The summed E-state index contributed by atoms with van der Waals surface area (Å²) in [6, 6.07) is 4.50. The molecule has 0 spiro atoms. The van der Waals surface area contributed by atoms with Crippen LogP contribution in [0, 0.1) is 11.8 Å². The number of benzene rings is 1. The van der Waals surface area contributed by atoms with Crippen molar-refractivity contribution < 1.29 is 33.6 Å². The van der Waals surface area contributed by atoms with Crippen molar-refractivity contribution in [3.05, 3.63) is 35.9 Å². The van der Waals surface area contributed by atoms with Gasteiger partial charge in [-0.15, -0.1) is 0 Å². The summed E-state index contributed by atoms with van der Waals surface area (Å²) in [6.45, 7) is 9.50. The summed E-state index contributed by atoms with van der Waals surface area (Å²) in [5.74, 6) is -2.98. The van der Waals surface area contributed by atoms with E-state index >= 15 is 0 Å². The molecule has 0 radical (unpaired) electrons. The lowest BCUT2D eigenvalue weighted by Gasteiger charge is -2.28. The summed E-state index contributed by atoms with van der Waals surface area (Å²) in [5, 5.41) is 23.6. The Morgan fingerprint density at radius 1 is 0.662 bits per heavy atom. The van der Waals surface area contributed by atoms with Crippen molar-refractivity contribution in [2.24, 2.45) is 17.6 Å². The van der Waals surface area contributed by atoms with Crippen LogP contribution in [0.4, 0.5) is 0 Å². The number of hydrogen-bond donors (Lipinski definition) is 9. The van der Waals surface area contributed by atoms with Gasteiger partial charge in [-0.25, -0.2) is 0 Å². The van der Waals surface area contributed by atoms with E-state index < -0.39 is 65.7 Å². The quantitative estimate of drug-likeness (QED) is 0.0381. The number of nitrogens with one attached hydrogen (secondary N) is 8. The second-order valence-corrected chi connectivity index (χ2v) is 20.9. The van der Waals surface area contributed by atoms with E-state index in [4.69, 9.17) is 5.73 Å². The smallest absolute Gasteiger partial charge is 0.243 e. The van der Waals surface area contributed by atoms with Crippen molar-refractivity contribution in [2.75, 3.05) is 26.2 Å². The number of amides is 7. The predicted molar refractivity (Wildman–Crippen MR) is 282 cm³/mol. The van der Waals surface area contributed by atoms with Gasteiger partial charge >= 0.3 is 0 Å². The van der Waals surface area contributed by atoms with Gasteiger partial charge in [0.1, 0.15) is 30.2 Å². The number of unbranched alkanes of at least 4 members (excludes halogenated alkanes) is 12. The SMILES string of the molecule is CCCCCCCCCCCCCC(C)NCCCC[C@H](NC(=O)[C@H](CCCCN)NC(=O)CC1CC1)C(=O)N[C@H]1CCCCNC(=O)CNC(=O)[C@H](Cc2ccccc2)NC(=O)[C@H](CC(C)C)NC1=O. The maximum atomic E-state index is 14.5. The topological polar surface area (TPSA) is 242 Å². The van der Waals surface area contributed by atoms with Crippen LogP contribution >= 0.6 is 0 Å². The number of nitrogens with two attached hydrogens (primary N) is 1. The second kappa shape index (κ2) is 36.4. The zero-order valence-corrected chi connectivity index (χ0v) is 44.2. The van der Waals surface area contributed by atoms with Crippen LogP contribution in [-0.4, -0.2) is 104 Å². The summed E-state index contributed by atoms with van der Waals surface area (Å²) < 4.78 is 0. The van der Waals surface area contributed by atoms with Crippen molar-refractivity contribution >= 4 is 41.4 Å². The van der Waals surface area contributed by atoms with E-state index in [1.807, 2.05) is 44.2 Å². The highest BCUT2D eigenvalue weighted by molar-refractivity contribution is 5.97. The van der Waals surface area contributed by atoms with Gasteiger partial charge in [0.05, 0.1) is 6.54 Å². The first-order valence-electron chi connectivity index (χ1n) is 27.8. The predicted octanol–water partition coefficient (Wildman–Crippen LogP) is 5.89. The van der Waals surface area contributed by atoms with Crippen molar-refractivity contribution in [2.45, 2.75) is 231 Å². The Hall–Kier alpha value is -4.57. The monoisotopic (exact) mass is 994 g/mol. The molecule has 16 heteroatoms. The Bertz CT molecular complexity index is 1710. The maximum absolute atomic E-state index is 14.5. The van der Waals surface area contributed by atoms with Crippen LogP contribution in [0.5, 0.6) is 0 Å². The average molecular weight is 994 g/mol. The van der Waals surface area contributed by atoms with Crippen molar-refractivity contribution in [3.8, 4) is 0 Å². The fourth-order valence-electron chi connectivity index (χ4n) is 9.08. The van der Waals surface area contributed by atoms with Crippen molar-refractivity contribution in [1.29, 1.82) is 0 Å². The summed E-state index contributed by atoms with van der Waals surface area (Å²) in [6.07, 6.45) is 22.6. The van der Waals surface area contributed by atoms with Gasteiger partial charge in [-0.1, -0.05) is 122 Å². The van der Waals surface area contributed by atoms with Gasteiger partial charge in [0.15, 0.2) is 0 Å². The molecule has 2 fully saturated rings. The standard InChI is InChI=1S/C55H95N9O7/c1-5-6-7-8-9-10-11-12-13-14-16-25-41(4)57-34-23-20-29-45(61-52(68)44(28-19-22-33-56)60-49(65)38-43-31-32-43)53(69)62-46-30-21-24-35-58-50(66)39-59-51(67)48(37-42-26-17-15-18-27-42)64-55(71)47(36-40(2)3)63-54(46)70/h15,17-18,26-27,40-41,43-48,57H,5-14,16,19-25,28-39,56H2,1-4H3,(H,58,66)(H,59,67)(H,60,65)(H,61,68)(H,62,69)(H,63,70)(H,64,71)/t41?,44-,45-,46-,47-,48-/m0/s1. The largest absolute Gasteiger partial charge is 0.355 e. The summed E-state index contributed by atoms with van der Waals surface area (Å²) in [4.78, 5) is 96.2. The number of rotatable bonds is 33. The fourth-order valence-corrected chi connectivity index (χ4v) is 9.08. The lowest BCUT2D eigenvalue weighted by Crippen LogP contribution is -2.59. The van der Waals surface area contributed by atoms with Gasteiger partial charge in [-0.2, -0.15) is 0 Å². The Balaban J connectivity index is 1.73. The van der Waals surface area contributed by atoms with Gasteiger partial charge in [0.2, 0.25) is 41.4 Å². The van der Waals surface area contributed by atoms with Gasteiger partial charge in [-0.3, -0.25) is 33.6 Å². The van der Waals surface area contributed by atoms with Crippen molar-refractivity contribution in [1.82, 2.24) is 42.5 Å². The molecule has 0 aromatic heterocycles. The highest BCUT2D eigenvalue weighted by atomic mass is 16.2. The van der Waals surface area contributed by atoms with Crippen LogP contribution in [0.3, 0.4) is 0 Å². The van der Waals surface area contributed by atoms with Crippen LogP contribution in [0.15, 0.2) is 30.3 Å². The molecule has 1 heterocycles. The van der Waals surface area contributed by atoms with E-state index in [0.717, 1.165) is 37.8 Å². The van der Waals surface area contributed by atoms with Gasteiger partial charge in [-0.05, 0) is 121 Å². The zero-order valence-electron chi connectivity index (χ0n) is 44.2. The van der Waals surface area contributed by atoms with Crippen LogP contribution in [-0.2, 0) is 40.0 Å². The Labute approximate surface area is 426 Å². The van der Waals surface area contributed by atoms with Crippen LogP contribution < -0.4 is 48.3 Å². The molecule has 1 aromatic carbocycles. The molecule has 3 rings (SSSR count). The molecule has 1 aliphatic heterocycles. The van der Waals surface area contributed by atoms with E-state index in [9.17, 15) is 33.6 Å². The van der Waals surface area contributed by atoms with Gasteiger partial charge in [0, 0.05) is 25.4 Å². The minimum absolute atomic E-state index is 0.0287. The van der Waals surface area contributed by atoms with E-state index in [-0.39, 0.29) is 44.2 Å². The first-order valence-corrected chi connectivity index (χ1v) is 27.8. The Morgan fingerprint density at radius 2 is 1.28 bits per heavy atom. The molecule has 1 saturated carbocycles. The van der Waals surface area contributed by atoms with E-state index in [0.29, 0.717) is 69.9 Å². The number of carbonyl (C=O) groups excluding carboxylic acids is 7. The molecule has 1 saturated heterocycles. The third-order valence-electron chi connectivity index (χ3n) is 13.6. The molecule has 0 bridgehead atoms. The molecule has 2 aliphatic rings. The molecule has 16 nitrogen and oxygen atoms in total. The Kier molecular flexibility index (Phi) is 31.1. The first kappa shape index (κ1) is 60.7. The lowest BCUT2D eigenvalue weighted by molar-refractivity contribution is -0.135. The molecule has 1 unspecified atom stereocenters. The highest BCUT2D eigenvalue weighted by Crippen LogP contribution is 2.32. The number of carbonyl (C=O) groups is 7. The van der Waals surface area contributed by atoms with Crippen LogP contribution in [0.2, 0.25) is 0 Å². The molecule has 1 aliphatic carbocycles.